The van der Waals surface area contributed by atoms with Gasteiger partial charge in [0.25, 0.3) is 10.0 Å². The van der Waals surface area contributed by atoms with Gasteiger partial charge in [-0.3, -0.25) is 13.9 Å². The lowest BCUT2D eigenvalue weighted by molar-refractivity contribution is -0.139. The van der Waals surface area contributed by atoms with Gasteiger partial charge in [0.05, 0.1) is 15.6 Å². The predicted molar refractivity (Wildman–Crippen MR) is 166 cm³/mol. The highest BCUT2D eigenvalue weighted by Crippen LogP contribution is 2.33. The molecule has 3 rings (SSSR count). The van der Waals surface area contributed by atoms with Crippen LogP contribution in [0.1, 0.15) is 31.9 Å². The van der Waals surface area contributed by atoms with E-state index in [-0.39, 0.29) is 33.1 Å². The Kier molecular flexibility index (Phi) is 11.4. The van der Waals surface area contributed by atoms with Gasteiger partial charge < -0.3 is 10.2 Å². The molecule has 7 nitrogen and oxygen atoms in total. The molecule has 2 amide bonds. The van der Waals surface area contributed by atoms with Gasteiger partial charge in [0.1, 0.15) is 12.6 Å². The average Bonchev–Trinajstić information content (AvgIpc) is 2.91. The highest BCUT2D eigenvalue weighted by molar-refractivity contribution is 7.92. The molecule has 0 aromatic heterocycles. The molecule has 0 spiro atoms. The number of benzene rings is 3. The molecule has 0 fully saturated rings. The number of carbonyl (C=O) groups is 2. The summed E-state index contributed by atoms with van der Waals surface area (Å²) in [5.74, 6) is -0.873. The van der Waals surface area contributed by atoms with Crippen LogP contribution in [0.2, 0.25) is 20.1 Å². The average molecular weight is 659 g/mol. The lowest BCUT2D eigenvalue weighted by atomic mass is 10.1. The van der Waals surface area contributed by atoms with Gasteiger partial charge in [0.2, 0.25) is 11.8 Å². The van der Waals surface area contributed by atoms with Gasteiger partial charge in [-0.05, 0) is 67.8 Å². The van der Waals surface area contributed by atoms with Crippen LogP contribution in [-0.2, 0) is 26.2 Å². The topological polar surface area (TPSA) is 86.8 Å². The molecular weight excluding hydrogens is 628 g/mol. The van der Waals surface area contributed by atoms with Crippen molar-refractivity contribution < 1.29 is 18.0 Å². The van der Waals surface area contributed by atoms with Gasteiger partial charge in [-0.2, -0.15) is 0 Å². The molecular formula is C29H31Cl4N3O4S. The maximum atomic E-state index is 14.0. The standard InChI is InChI=1S/C29H31Cl4N3O4S/c1-18(2)15-34-29(38)20(4)35(16-21-7-8-22(30)13-26(21)33)28(37)17-36(27-14-23(31)9-12-25(27)32)41(39,40)24-10-5-19(3)6-11-24/h5-14,18,20H,15-17H2,1-4H3,(H,34,38)/t20-/m0/s1. The summed E-state index contributed by atoms with van der Waals surface area (Å²) < 4.78 is 28.8. The summed E-state index contributed by atoms with van der Waals surface area (Å²) in [4.78, 5) is 28.4. The second kappa shape index (κ2) is 14.1. The summed E-state index contributed by atoms with van der Waals surface area (Å²) in [6.45, 7) is 6.96. The third-order valence-corrected chi connectivity index (χ3v) is 9.19. The molecule has 0 bridgehead atoms. The molecule has 3 aromatic carbocycles. The van der Waals surface area contributed by atoms with Crippen LogP contribution < -0.4 is 9.62 Å². The molecule has 41 heavy (non-hydrogen) atoms. The fourth-order valence-corrected chi connectivity index (χ4v) is 6.23. The zero-order valence-corrected chi connectivity index (χ0v) is 26.8. The lowest BCUT2D eigenvalue weighted by Crippen LogP contribution is -2.51. The molecule has 1 atom stereocenters. The Morgan fingerprint density at radius 3 is 2.07 bits per heavy atom. The molecule has 0 heterocycles. The van der Waals surface area contributed by atoms with Crippen LogP contribution in [0, 0.1) is 12.8 Å². The minimum absolute atomic E-state index is 0.0227. The Balaban J connectivity index is 2.08. The number of anilines is 1. The maximum Gasteiger partial charge on any atom is 0.264 e. The van der Waals surface area contributed by atoms with Crippen LogP contribution in [0.3, 0.4) is 0 Å². The summed E-state index contributed by atoms with van der Waals surface area (Å²) in [6.07, 6.45) is 0. The molecule has 0 unspecified atom stereocenters. The van der Waals surface area contributed by atoms with E-state index in [2.05, 4.69) is 5.32 Å². The molecule has 0 aliphatic rings. The number of carbonyl (C=O) groups excluding carboxylic acids is 2. The molecule has 0 aliphatic carbocycles. The second-order valence-corrected chi connectivity index (χ2v) is 13.5. The molecule has 3 aromatic rings. The molecule has 12 heteroatoms. The van der Waals surface area contributed by atoms with Crippen LogP contribution in [0.5, 0.6) is 0 Å². The zero-order valence-electron chi connectivity index (χ0n) is 23.0. The molecule has 0 saturated heterocycles. The largest absolute Gasteiger partial charge is 0.354 e. The number of sulfonamides is 1. The number of hydrogen-bond donors (Lipinski definition) is 1. The van der Waals surface area contributed by atoms with Gasteiger partial charge >= 0.3 is 0 Å². The van der Waals surface area contributed by atoms with E-state index in [1.165, 1.54) is 41.3 Å². The van der Waals surface area contributed by atoms with Crippen molar-refractivity contribution >= 4 is 73.9 Å². The van der Waals surface area contributed by atoms with E-state index in [1.54, 1.807) is 31.2 Å². The maximum absolute atomic E-state index is 14.0. The van der Waals surface area contributed by atoms with Crippen LogP contribution in [-0.4, -0.2) is 44.3 Å². The zero-order chi connectivity index (χ0) is 30.5. The first-order valence-electron chi connectivity index (χ1n) is 12.8. The Morgan fingerprint density at radius 2 is 1.46 bits per heavy atom. The third-order valence-electron chi connectivity index (χ3n) is 6.27. The second-order valence-electron chi connectivity index (χ2n) is 9.99. The molecule has 0 saturated carbocycles. The van der Waals surface area contributed by atoms with E-state index in [9.17, 15) is 18.0 Å². The van der Waals surface area contributed by atoms with Gasteiger partial charge in [-0.25, -0.2) is 8.42 Å². The summed E-state index contributed by atoms with van der Waals surface area (Å²) in [5.41, 5.74) is 1.41. The van der Waals surface area contributed by atoms with E-state index >= 15 is 0 Å². The van der Waals surface area contributed by atoms with E-state index in [0.29, 0.717) is 22.2 Å². The van der Waals surface area contributed by atoms with Crippen molar-refractivity contribution in [3.05, 3.63) is 91.9 Å². The summed E-state index contributed by atoms with van der Waals surface area (Å²) in [5, 5.41) is 3.84. The van der Waals surface area contributed by atoms with Crippen molar-refractivity contribution in [1.29, 1.82) is 0 Å². The van der Waals surface area contributed by atoms with Crippen LogP contribution in [0.4, 0.5) is 5.69 Å². The van der Waals surface area contributed by atoms with Gasteiger partial charge in [0, 0.05) is 28.2 Å². The normalized spacial score (nSPS) is 12.2. The van der Waals surface area contributed by atoms with Crippen LogP contribution in [0.25, 0.3) is 0 Å². The fraction of sp³-hybridized carbons (Fsp3) is 0.310. The smallest absolute Gasteiger partial charge is 0.264 e. The van der Waals surface area contributed by atoms with Crippen molar-refractivity contribution in [3.8, 4) is 0 Å². The van der Waals surface area contributed by atoms with E-state index in [4.69, 9.17) is 46.4 Å². The van der Waals surface area contributed by atoms with Crippen molar-refractivity contribution in [2.24, 2.45) is 5.92 Å². The van der Waals surface area contributed by atoms with Crippen LogP contribution in [0.15, 0.2) is 65.6 Å². The van der Waals surface area contributed by atoms with Crippen molar-refractivity contribution in [1.82, 2.24) is 10.2 Å². The minimum Gasteiger partial charge on any atom is -0.354 e. The summed E-state index contributed by atoms with van der Waals surface area (Å²) in [7, 11) is -4.29. The molecule has 1 N–H and O–H groups in total. The summed E-state index contributed by atoms with van der Waals surface area (Å²) in [6, 6.07) is 14.4. The van der Waals surface area contributed by atoms with E-state index in [0.717, 1.165) is 9.87 Å². The van der Waals surface area contributed by atoms with E-state index < -0.39 is 34.4 Å². The minimum atomic E-state index is -4.29. The van der Waals surface area contributed by atoms with Gasteiger partial charge in [0.15, 0.2) is 0 Å². The van der Waals surface area contributed by atoms with E-state index in [1.807, 2.05) is 20.8 Å². The summed E-state index contributed by atoms with van der Waals surface area (Å²) >= 11 is 25.1. The first-order chi connectivity index (χ1) is 19.2. The Hall–Kier alpha value is -2.49. The molecule has 0 radical (unpaired) electrons. The SMILES string of the molecule is Cc1ccc(S(=O)(=O)N(CC(=O)N(Cc2ccc(Cl)cc2Cl)[C@@H](C)C(=O)NCC(C)C)c2cc(Cl)ccc2Cl)cc1. The van der Waals surface area contributed by atoms with Gasteiger partial charge in [-0.15, -0.1) is 0 Å². The predicted octanol–water partition coefficient (Wildman–Crippen LogP) is 6.99. The van der Waals surface area contributed by atoms with Crippen molar-refractivity contribution in [2.75, 3.05) is 17.4 Å². The number of amides is 2. The monoisotopic (exact) mass is 657 g/mol. The number of aryl methyl sites for hydroxylation is 1. The Morgan fingerprint density at radius 1 is 0.854 bits per heavy atom. The van der Waals surface area contributed by atoms with Crippen molar-refractivity contribution in [2.45, 2.75) is 45.2 Å². The molecule has 220 valence electrons. The highest BCUT2D eigenvalue weighted by atomic mass is 35.5. The number of nitrogens with one attached hydrogen (secondary N) is 1. The quantitative estimate of drug-likeness (QED) is 0.241. The lowest BCUT2D eigenvalue weighted by Gasteiger charge is -2.32. The first kappa shape index (κ1) is 33.0. The van der Waals surface area contributed by atoms with Crippen LogP contribution >= 0.6 is 46.4 Å². The Bertz CT molecular complexity index is 1510. The van der Waals surface area contributed by atoms with Gasteiger partial charge in [-0.1, -0.05) is 84.0 Å². The third kappa shape index (κ3) is 8.52. The number of rotatable bonds is 11. The first-order valence-corrected chi connectivity index (χ1v) is 15.7. The number of halogens is 4. The number of hydrogen-bond acceptors (Lipinski definition) is 4. The number of nitrogens with zero attached hydrogens (tertiary/aromatic N) is 2. The fourth-order valence-electron chi connectivity index (χ4n) is 3.90. The molecule has 0 aliphatic heterocycles. The van der Waals surface area contributed by atoms with Crippen molar-refractivity contribution in [3.63, 3.8) is 0 Å². The Labute approximate surface area is 261 Å². The highest BCUT2D eigenvalue weighted by Gasteiger charge is 2.33.